The van der Waals surface area contributed by atoms with Crippen LogP contribution in [0.1, 0.15) is 30.9 Å². The molecule has 174 valence electrons. The van der Waals surface area contributed by atoms with E-state index in [-0.39, 0.29) is 0 Å². The fraction of sp³-hybridized carbons (Fsp3) is 0.250. The number of hydrogen-bond donors (Lipinski definition) is 1. The Morgan fingerprint density at radius 3 is 2.60 bits per heavy atom. The molecule has 35 heavy (non-hydrogen) atoms. The van der Waals surface area contributed by atoms with Gasteiger partial charge in [-0.25, -0.2) is 9.50 Å². The van der Waals surface area contributed by atoms with Gasteiger partial charge in [-0.1, -0.05) is 30.0 Å². The minimum Gasteiger partial charge on any atom is -0.492 e. The van der Waals surface area contributed by atoms with Crippen LogP contribution in [0.3, 0.4) is 0 Å². The second-order valence-corrected chi connectivity index (χ2v) is 8.53. The highest BCUT2D eigenvalue weighted by Gasteiger charge is 2.31. The minimum atomic E-state index is -0.993. The number of nitriles is 1. The van der Waals surface area contributed by atoms with E-state index in [9.17, 15) is 10.4 Å². The van der Waals surface area contributed by atoms with Crippen LogP contribution < -0.4 is 9.64 Å². The van der Waals surface area contributed by atoms with Gasteiger partial charge in [0.05, 0.1) is 30.1 Å². The molecule has 3 aromatic heterocycles. The molecule has 1 N–H and O–H groups in total. The number of piperidine rings is 1. The molecule has 0 radical (unpaired) electrons. The van der Waals surface area contributed by atoms with E-state index in [1.165, 1.54) is 0 Å². The van der Waals surface area contributed by atoms with Crippen LogP contribution in [0.5, 0.6) is 5.75 Å². The number of aromatic nitrogens is 3. The van der Waals surface area contributed by atoms with Crippen LogP contribution in [-0.2, 0) is 0 Å². The zero-order valence-corrected chi connectivity index (χ0v) is 19.5. The largest absolute Gasteiger partial charge is 0.492 e. The van der Waals surface area contributed by atoms with Crippen LogP contribution in [0, 0.1) is 23.2 Å². The van der Waals surface area contributed by atoms with E-state index >= 15 is 0 Å². The van der Waals surface area contributed by atoms with Gasteiger partial charge in [-0.2, -0.15) is 10.4 Å². The van der Waals surface area contributed by atoms with Crippen LogP contribution in [-0.4, -0.2) is 45.0 Å². The first-order chi connectivity index (χ1) is 17.1. The molecule has 5 rings (SSSR count). The van der Waals surface area contributed by atoms with Gasteiger partial charge in [-0.15, -0.1) is 0 Å². The molecule has 7 heteroatoms. The third-order valence-electron chi connectivity index (χ3n) is 6.20. The Kier molecular flexibility index (Phi) is 6.10. The van der Waals surface area contributed by atoms with Crippen LogP contribution in [0.15, 0.2) is 67.1 Å². The maximum absolute atomic E-state index is 10.9. The third kappa shape index (κ3) is 4.68. The smallest absolute Gasteiger partial charge is 0.138 e. The Hall–Kier alpha value is -4.33. The number of fused-ring (bicyclic) bond motifs is 1. The summed E-state index contributed by atoms with van der Waals surface area (Å²) in [7, 11) is 0. The molecule has 0 bridgehead atoms. The fourth-order valence-corrected chi connectivity index (χ4v) is 4.32. The van der Waals surface area contributed by atoms with E-state index in [2.05, 4.69) is 27.9 Å². The fourth-order valence-electron chi connectivity index (χ4n) is 4.32. The lowest BCUT2D eigenvalue weighted by Crippen LogP contribution is -2.43. The molecule has 7 nitrogen and oxygen atoms in total. The molecule has 0 aliphatic carbocycles. The Morgan fingerprint density at radius 2 is 1.91 bits per heavy atom. The molecule has 0 spiro atoms. The van der Waals surface area contributed by atoms with Gasteiger partial charge in [0.15, 0.2) is 0 Å². The van der Waals surface area contributed by atoms with E-state index in [0.29, 0.717) is 43.9 Å². The highest BCUT2D eigenvalue weighted by atomic mass is 16.5. The number of ether oxygens (including phenoxy) is 1. The van der Waals surface area contributed by atoms with Gasteiger partial charge >= 0.3 is 0 Å². The van der Waals surface area contributed by atoms with Crippen molar-refractivity contribution in [2.24, 2.45) is 0 Å². The van der Waals surface area contributed by atoms with Gasteiger partial charge in [-0.05, 0) is 37.3 Å². The van der Waals surface area contributed by atoms with E-state index in [1.807, 2.05) is 61.7 Å². The predicted molar refractivity (Wildman–Crippen MR) is 134 cm³/mol. The van der Waals surface area contributed by atoms with Gasteiger partial charge in [0, 0.05) is 48.8 Å². The first-order valence-electron chi connectivity index (χ1n) is 11.6. The average Bonchev–Trinajstić information content (AvgIpc) is 3.32. The molecule has 1 fully saturated rings. The lowest BCUT2D eigenvalue weighted by molar-refractivity contribution is 0.0745. The summed E-state index contributed by atoms with van der Waals surface area (Å²) in [6.07, 6.45) is 6.25. The molecule has 4 heterocycles. The second kappa shape index (κ2) is 9.50. The number of benzene rings is 1. The van der Waals surface area contributed by atoms with Crippen LogP contribution in [0.2, 0.25) is 0 Å². The lowest BCUT2D eigenvalue weighted by Gasteiger charge is -2.35. The van der Waals surface area contributed by atoms with Crippen molar-refractivity contribution in [3.05, 3.63) is 78.2 Å². The quantitative estimate of drug-likeness (QED) is 0.460. The highest BCUT2D eigenvalue weighted by molar-refractivity contribution is 5.85. The number of rotatable bonds is 4. The summed E-state index contributed by atoms with van der Waals surface area (Å²) in [4.78, 5) is 6.86. The Balaban J connectivity index is 1.35. The van der Waals surface area contributed by atoms with Crippen LogP contribution in [0.25, 0.3) is 16.6 Å². The van der Waals surface area contributed by atoms with Crippen molar-refractivity contribution in [1.29, 1.82) is 5.26 Å². The zero-order valence-electron chi connectivity index (χ0n) is 19.5. The number of anilines is 1. The minimum absolute atomic E-state index is 0.499. The van der Waals surface area contributed by atoms with Crippen molar-refractivity contribution in [1.82, 2.24) is 14.6 Å². The normalized spacial score (nSPS) is 14.7. The molecular formula is C28H25N5O2. The van der Waals surface area contributed by atoms with Crippen molar-refractivity contribution in [2.45, 2.75) is 25.4 Å². The summed E-state index contributed by atoms with van der Waals surface area (Å²) >= 11 is 0. The van der Waals surface area contributed by atoms with Gasteiger partial charge in [0.25, 0.3) is 0 Å². The average molecular weight is 464 g/mol. The monoisotopic (exact) mass is 463 g/mol. The standard InChI is InChI=1S/C28H25N5O2/c1-2-35-24-16-25(27-23(17-29)19-31-33(27)20-24)22-8-9-26(30-18-22)32-14-12-28(34,13-15-32)11-10-21-6-4-3-5-7-21/h3-9,16,18-20,34H,2,12-15H2,1H3. The Morgan fingerprint density at radius 1 is 1.11 bits per heavy atom. The topological polar surface area (TPSA) is 86.7 Å². The molecule has 1 aliphatic rings. The number of aliphatic hydroxyl groups is 1. The molecule has 0 saturated carbocycles. The van der Waals surface area contributed by atoms with Gasteiger partial charge in [-0.3, -0.25) is 0 Å². The lowest BCUT2D eigenvalue weighted by atomic mass is 9.91. The molecule has 4 aromatic rings. The predicted octanol–water partition coefficient (Wildman–Crippen LogP) is 4.05. The van der Waals surface area contributed by atoms with Crippen LogP contribution in [0.4, 0.5) is 5.82 Å². The van der Waals surface area contributed by atoms with E-state index in [4.69, 9.17) is 9.72 Å². The molecule has 0 atom stereocenters. The van der Waals surface area contributed by atoms with Crippen molar-refractivity contribution < 1.29 is 9.84 Å². The van der Waals surface area contributed by atoms with Crippen molar-refractivity contribution >= 4 is 11.3 Å². The summed E-state index contributed by atoms with van der Waals surface area (Å²) in [5.41, 5.74) is 2.85. The SMILES string of the molecule is CCOc1cc(-c2ccc(N3CCC(O)(C#Cc4ccccc4)CC3)nc2)c2c(C#N)cnn2c1. The Bertz CT molecular complexity index is 1430. The maximum atomic E-state index is 10.9. The number of hydrogen-bond acceptors (Lipinski definition) is 6. The third-order valence-corrected chi connectivity index (χ3v) is 6.20. The van der Waals surface area contributed by atoms with E-state index < -0.39 is 5.60 Å². The maximum Gasteiger partial charge on any atom is 0.138 e. The van der Waals surface area contributed by atoms with E-state index in [0.717, 1.165) is 28.0 Å². The van der Waals surface area contributed by atoms with E-state index in [1.54, 1.807) is 16.9 Å². The molecule has 1 aromatic carbocycles. The number of nitrogens with zero attached hydrogens (tertiary/aromatic N) is 5. The number of pyridine rings is 2. The summed E-state index contributed by atoms with van der Waals surface area (Å²) in [6.45, 7) is 3.79. The second-order valence-electron chi connectivity index (χ2n) is 8.53. The molecule has 0 unspecified atom stereocenters. The summed E-state index contributed by atoms with van der Waals surface area (Å²) < 4.78 is 7.37. The molecule has 1 aliphatic heterocycles. The van der Waals surface area contributed by atoms with Gasteiger partial charge < -0.3 is 14.7 Å². The highest BCUT2D eigenvalue weighted by Crippen LogP contribution is 2.32. The zero-order chi connectivity index (χ0) is 24.3. The van der Waals surface area contributed by atoms with Crippen molar-refractivity contribution in [2.75, 3.05) is 24.6 Å². The van der Waals surface area contributed by atoms with Crippen LogP contribution >= 0.6 is 0 Å². The first-order valence-corrected chi connectivity index (χ1v) is 11.6. The van der Waals surface area contributed by atoms with Crippen molar-refractivity contribution in [3.8, 4) is 34.8 Å². The first kappa shape index (κ1) is 22.5. The van der Waals surface area contributed by atoms with Gasteiger partial charge in [0.1, 0.15) is 23.2 Å². The summed E-state index contributed by atoms with van der Waals surface area (Å²) in [6, 6.07) is 17.8. The summed E-state index contributed by atoms with van der Waals surface area (Å²) in [5, 5.41) is 24.8. The molecule has 1 saturated heterocycles. The Labute approximate surface area is 204 Å². The van der Waals surface area contributed by atoms with Crippen molar-refractivity contribution in [3.63, 3.8) is 0 Å². The molecule has 0 amide bonds. The molecular weight excluding hydrogens is 438 g/mol. The summed E-state index contributed by atoms with van der Waals surface area (Å²) in [5.74, 6) is 7.69. The van der Waals surface area contributed by atoms with Gasteiger partial charge in [0.2, 0.25) is 0 Å².